The molecule has 1 unspecified atom stereocenters. The Balaban J connectivity index is 1.48. The number of rotatable bonds is 5. The molecule has 0 saturated carbocycles. The quantitative estimate of drug-likeness (QED) is 0.837. The molecular formula is C20H26N4O3. The van der Waals surface area contributed by atoms with Gasteiger partial charge in [0.2, 0.25) is 0 Å². The second kappa shape index (κ2) is 7.52. The Morgan fingerprint density at radius 2 is 1.93 bits per heavy atom. The van der Waals surface area contributed by atoms with E-state index in [0.717, 1.165) is 5.69 Å². The first kappa shape index (κ1) is 19.1. The largest absolute Gasteiger partial charge is 0.383 e. The van der Waals surface area contributed by atoms with Gasteiger partial charge in [-0.1, -0.05) is 20.8 Å². The van der Waals surface area contributed by atoms with Crippen molar-refractivity contribution in [1.82, 2.24) is 20.0 Å². The van der Waals surface area contributed by atoms with E-state index in [1.54, 1.807) is 27.9 Å². The summed E-state index contributed by atoms with van der Waals surface area (Å²) in [7, 11) is 0. The molecule has 7 nitrogen and oxygen atoms in total. The second-order valence-corrected chi connectivity index (χ2v) is 8.19. The highest BCUT2D eigenvalue weighted by Crippen LogP contribution is 2.23. The van der Waals surface area contributed by atoms with Crippen LogP contribution >= 0.6 is 0 Å². The van der Waals surface area contributed by atoms with Crippen molar-refractivity contribution < 1.29 is 14.7 Å². The van der Waals surface area contributed by atoms with Gasteiger partial charge in [0.25, 0.3) is 11.8 Å². The Labute approximate surface area is 159 Å². The average molecular weight is 370 g/mol. The first-order valence-corrected chi connectivity index (χ1v) is 9.11. The van der Waals surface area contributed by atoms with Crippen molar-refractivity contribution in [2.75, 3.05) is 13.1 Å². The maximum atomic E-state index is 12.4. The number of nitrogens with one attached hydrogen (secondary N) is 1. The summed E-state index contributed by atoms with van der Waals surface area (Å²) < 4.78 is 1.72. The number of likely N-dealkylation sites (tertiary alicyclic amines) is 1. The van der Waals surface area contributed by atoms with E-state index in [0.29, 0.717) is 25.1 Å². The van der Waals surface area contributed by atoms with Crippen LogP contribution in [0.5, 0.6) is 0 Å². The van der Waals surface area contributed by atoms with Crippen LogP contribution in [0.1, 0.15) is 37.6 Å². The van der Waals surface area contributed by atoms with Crippen molar-refractivity contribution in [1.29, 1.82) is 0 Å². The summed E-state index contributed by atoms with van der Waals surface area (Å²) in [5, 5.41) is 17.1. The van der Waals surface area contributed by atoms with Crippen LogP contribution in [0.15, 0.2) is 42.7 Å². The standard InChI is InChI=1S/C20H26N4O3/c1-20(2,3)11-17(25)19(27)23-12-15(13-23)22-18(26)14-5-7-16(8-6-14)24-10-4-9-21-24/h4-10,15,17,25H,11-13H2,1-3H3,(H,22,26). The first-order valence-electron chi connectivity index (χ1n) is 9.11. The van der Waals surface area contributed by atoms with Crippen LogP contribution in [-0.4, -0.2) is 56.8 Å². The van der Waals surface area contributed by atoms with E-state index < -0.39 is 6.10 Å². The van der Waals surface area contributed by atoms with E-state index in [1.165, 1.54) is 0 Å². The number of hydrogen-bond donors (Lipinski definition) is 2. The predicted octanol–water partition coefficient (Wildman–Crippen LogP) is 1.61. The number of carbonyl (C=O) groups is 2. The lowest BCUT2D eigenvalue weighted by molar-refractivity contribution is -0.146. The molecule has 144 valence electrons. The third-order valence-electron chi connectivity index (χ3n) is 4.52. The molecule has 2 N–H and O–H groups in total. The lowest BCUT2D eigenvalue weighted by Crippen LogP contribution is -2.62. The van der Waals surface area contributed by atoms with Gasteiger partial charge >= 0.3 is 0 Å². The smallest absolute Gasteiger partial charge is 0.251 e. The number of aliphatic hydroxyl groups excluding tert-OH is 1. The zero-order chi connectivity index (χ0) is 19.6. The van der Waals surface area contributed by atoms with Crippen molar-refractivity contribution in [3.05, 3.63) is 48.3 Å². The molecule has 1 aromatic heterocycles. The first-order chi connectivity index (χ1) is 12.7. The molecular weight excluding hydrogens is 344 g/mol. The zero-order valence-corrected chi connectivity index (χ0v) is 15.9. The highest BCUT2D eigenvalue weighted by atomic mass is 16.3. The van der Waals surface area contributed by atoms with Crippen LogP contribution < -0.4 is 5.32 Å². The molecule has 1 aromatic carbocycles. The number of amides is 2. The van der Waals surface area contributed by atoms with Gasteiger partial charge in [0, 0.05) is 31.0 Å². The minimum atomic E-state index is -0.989. The molecule has 27 heavy (non-hydrogen) atoms. The van der Waals surface area contributed by atoms with Gasteiger partial charge in [-0.15, -0.1) is 0 Å². The maximum Gasteiger partial charge on any atom is 0.251 e. The normalized spacial score (nSPS) is 15.9. The van der Waals surface area contributed by atoms with Crippen molar-refractivity contribution in [2.45, 2.75) is 39.3 Å². The second-order valence-electron chi connectivity index (χ2n) is 8.19. The van der Waals surface area contributed by atoms with Crippen LogP contribution in [-0.2, 0) is 4.79 Å². The van der Waals surface area contributed by atoms with E-state index >= 15 is 0 Å². The molecule has 0 aliphatic carbocycles. The van der Waals surface area contributed by atoms with Crippen molar-refractivity contribution in [3.8, 4) is 5.69 Å². The summed E-state index contributed by atoms with van der Waals surface area (Å²) in [6, 6.07) is 8.92. The summed E-state index contributed by atoms with van der Waals surface area (Å²) in [6.45, 7) is 6.81. The molecule has 2 amide bonds. The minimum Gasteiger partial charge on any atom is -0.383 e. The van der Waals surface area contributed by atoms with Gasteiger partial charge in [0.05, 0.1) is 11.7 Å². The highest BCUT2D eigenvalue weighted by Gasteiger charge is 2.35. The van der Waals surface area contributed by atoms with Gasteiger partial charge in [0.1, 0.15) is 6.10 Å². The third kappa shape index (κ3) is 4.74. The van der Waals surface area contributed by atoms with Crippen LogP contribution in [0, 0.1) is 5.41 Å². The van der Waals surface area contributed by atoms with Crippen LogP contribution in [0.4, 0.5) is 0 Å². The molecule has 1 aliphatic heterocycles. The maximum absolute atomic E-state index is 12.4. The number of nitrogens with zero attached hydrogens (tertiary/aromatic N) is 3. The van der Waals surface area contributed by atoms with E-state index in [-0.39, 0.29) is 23.3 Å². The number of aliphatic hydroxyl groups is 1. The Bertz CT molecular complexity index is 788. The van der Waals surface area contributed by atoms with E-state index in [9.17, 15) is 14.7 Å². The molecule has 7 heteroatoms. The summed E-state index contributed by atoms with van der Waals surface area (Å²) in [5.41, 5.74) is 1.32. The molecule has 3 rings (SSSR count). The third-order valence-corrected chi connectivity index (χ3v) is 4.52. The fourth-order valence-electron chi connectivity index (χ4n) is 3.08. The van der Waals surface area contributed by atoms with Gasteiger partial charge in [-0.05, 0) is 42.2 Å². The molecule has 1 atom stereocenters. The minimum absolute atomic E-state index is 0.0888. The molecule has 1 aliphatic rings. The fourth-order valence-corrected chi connectivity index (χ4v) is 3.08. The van der Waals surface area contributed by atoms with Crippen molar-refractivity contribution in [3.63, 3.8) is 0 Å². The van der Waals surface area contributed by atoms with Crippen LogP contribution in [0.3, 0.4) is 0 Å². The molecule has 1 saturated heterocycles. The Morgan fingerprint density at radius 3 is 2.48 bits per heavy atom. The van der Waals surface area contributed by atoms with Crippen molar-refractivity contribution in [2.24, 2.45) is 5.41 Å². The molecule has 2 aromatic rings. The average Bonchev–Trinajstić information content (AvgIpc) is 3.10. The topological polar surface area (TPSA) is 87.5 Å². The van der Waals surface area contributed by atoms with Gasteiger partial charge in [-0.2, -0.15) is 5.10 Å². The van der Waals surface area contributed by atoms with Gasteiger partial charge in [0.15, 0.2) is 0 Å². The Hall–Kier alpha value is -2.67. The van der Waals surface area contributed by atoms with Crippen LogP contribution in [0.2, 0.25) is 0 Å². The molecule has 0 radical (unpaired) electrons. The fraction of sp³-hybridized carbons (Fsp3) is 0.450. The number of hydrogen-bond acceptors (Lipinski definition) is 4. The van der Waals surface area contributed by atoms with Crippen LogP contribution in [0.25, 0.3) is 5.69 Å². The monoisotopic (exact) mass is 370 g/mol. The van der Waals surface area contributed by atoms with Gasteiger partial charge < -0.3 is 15.3 Å². The molecule has 1 fully saturated rings. The zero-order valence-electron chi connectivity index (χ0n) is 15.9. The van der Waals surface area contributed by atoms with Gasteiger partial charge in [-0.3, -0.25) is 9.59 Å². The molecule has 2 heterocycles. The summed E-state index contributed by atoms with van der Waals surface area (Å²) in [4.78, 5) is 26.2. The number of aromatic nitrogens is 2. The Kier molecular flexibility index (Phi) is 5.32. The van der Waals surface area contributed by atoms with E-state index in [1.807, 2.05) is 45.2 Å². The summed E-state index contributed by atoms with van der Waals surface area (Å²) >= 11 is 0. The lowest BCUT2D eigenvalue weighted by atomic mass is 9.88. The SMILES string of the molecule is CC(C)(C)CC(O)C(=O)N1CC(NC(=O)c2ccc(-n3cccn3)cc2)C1. The molecule has 0 bridgehead atoms. The lowest BCUT2D eigenvalue weighted by Gasteiger charge is -2.41. The van der Waals surface area contributed by atoms with Gasteiger partial charge in [-0.25, -0.2) is 4.68 Å². The van der Waals surface area contributed by atoms with E-state index in [4.69, 9.17) is 0 Å². The predicted molar refractivity (Wildman–Crippen MR) is 101 cm³/mol. The summed E-state index contributed by atoms with van der Waals surface area (Å²) in [5.74, 6) is -0.437. The summed E-state index contributed by atoms with van der Waals surface area (Å²) in [6.07, 6.45) is 2.96. The molecule has 0 spiro atoms. The number of carbonyl (C=O) groups excluding carboxylic acids is 2. The number of benzene rings is 1. The van der Waals surface area contributed by atoms with Crippen molar-refractivity contribution >= 4 is 11.8 Å². The Morgan fingerprint density at radius 1 is 1.26 bits per heavy atom. The highest BCUT2D eigenvalue weighted by molar-refractivity contribution is 5.94. The van der Waals surface area contributed by atoms with E-state index in [2.05, 4.69) is 10.4 Å².